The minimum absolute atomic E-state index is 0.718. The molecule has 142 valence electrons. The zero-order valence-corrected chi connectivity index (χ0v) is 15.2. The molecule has 0 N–H and O–H groups in total. The van der Waals surface area contributed by atoms with Crippen molar-refractivity contribution in [3.05, 3.63) is 51.2 Å². The molecule has 1 heterocycles. The summed E-state index contributed by atoms with van der Waals surface area (Å²) >= 11 is 1.18. The third-order valence-corrected chi connectivity index (χ3v) is 4.81. The van der Waals surface area contributed by atoms with E-state index in [0.717, 1.165) is 18.9 Å². The number of benzene rings is 1. The Morgan fingerprint density at radius 2 is 1.78 bits per heavy atom. The summed E-state index contributed by atoms with van der Waals surface area (Å²) < 4.78 is 15.6. The number of esters is 2. The standard InChI is InChI=1S/C15H16N6O5S/c1-8(22)25-12-10(18-20-16)11(19-21-17)15(26-13(12)14(23)24-2)27-9-6-4-3-5-7-9/h3-7,10-13,15H,1-2H3/t10-,11+,12+,13+,15-/m1/s1. The first-order valence-electron chi connectivity index (χ1n) is 7.72. The van der Waals surface area contributed by atoms with Gasteiger partial charge in [-0.2, -0.15) is 0 Å². The van der Waals surface area contributed by atoms with Crippen LogP contribution in [0.1, 0.15) is 6.92 Å². The number of carbonyl (C=O) groups is 2. The van der Waals surface area contributed by atoms with Gasteiger partial charge in [0.15, 0.2) is 6.10 Å². The van der Waals surface area contributed by atoms with Crippen molar-refractivity contribution in [3.8, 4) is 0 Å². The molecule has 1 saturated heterocycles. The summed E-state index contributed by atoms with van der Waals surface area (Å²) in [7, 11) is 1.15. The third kappa shape index (κ3) is 5.05. The van der Waals surface area contributed by atoms with Gasteiger partial charge in [-0.15, -0.1) is 0 Å². The van der Waals surface area contributed by atoms with Gasteiger partial charge in [-0.1, -0.05) is 40.2 Å². The molecule has 27 heavy (non-hydrogen) atoms. The van der Waals surface area contributed by atoms with Crippen LogP contribution in [0.3, 0.4) is 0 Å². The van der Waals surface area contributed by atoms with Crippen molar-refractivity contribution < 1.29 is 23.8 Å². The van der Waals surface area contributed by atoms with E-state index < -0.39 is 41.7 Å². The largest absolute Gasteiger partial charge is 0.467 e. The predicted molar refractivity (Wildman–Crippen MR) is 94.4 cm³/mol. The number of carbonyl (C=O) groups excluding carboxylic acids is 2. The van der Waals surface area contributed by atoms with Crippen LogP contribution in [0.15, 0.2) is 45.5 Å². The maximum Gasteiger partial charge on any atom is 0.338 e. The van der Waals surface area contributed by atoms with Crippen LogP contribution in [0.4, 0.5) is 0 Å². The minimum atomic E-state index is -1.35. The summed E-state index contributed by atoms with van der Waals surface area (Å²) in [5.41, 5.74) is 17.0. The lowest BCUT2D eigenvalue weighted by Crippen LogP contribution is -2.58. The lowest BCUT2D eigenvalue weighted by atomic mass is 9.96. The van der Waals surface area contributed by atoms with Gasteiger partial charge in [-0.25, -0.2) is 4.79 Å². The molecule has 0 unspecified atom stereocenters. The Hall–Kier alpha value is -2.91. The summed E-state index contributed by atoms with van der Waals surface area (Å²) in [4.78, 5) is 30.0. The molecule has 1 aromatic rings. The Labute approximate surface area is 158 Å². The first-order chi connectivity index (χ1) is 13.0. The van der Waals surface area contributed by atoms with E-state index in [0.29, 0.717) is 0 Å². The van der Waals surface area contributed by atoms with Gasteiger partial charge in [-0.3, -0.25) is 4.79 Å². The summed E-state index contributed by atoms with van der Waals surface area (Å²) in [5.74, 6) is -1.53. The average molecular weight is 392 g/mol. The van der Waals surface area contributed by atoms with Crippen molar-refractivity contribution in [2.24, 2.45) is 10.2 Å². The van der Waals surface area contributed by atoms with Crippen molar-refractivity contribution in [1.29, 1.82) is 0 Å². The second-order valence-corrected chi connectivity index (χ2v) is 6.52. The van der Waals surface area contributed by atoms with Crippen LogP contribution in [0.2, 0.25) is 0 Å². The van der Waals surface area contributed by atoms with E-state index in [9.17, 15) is 9.59 Å². The van der Waals surface area contributed by atoms with Crippen LogP contribution in [0.5, 0.6) is 0 Å². The zero-order valence-electron chi connectivity index (χ0n) is 14.4. The number of nitrogens with zero attached hydrogens (tertiary/aromatic N) is 6. The minimum Gasteiger partial charge on any atom is -0.467 e. The van der Waals surface area contributed by atoms with E-state index in [4.69, 9.17) is 25.3 Å². The molecular formula is C15H16N6O5S. The summed E-state index contributed by atoms with van der Waals surface area (Å²) in [5, 5.41) is 7.28. The van der Waals surface area contributed by atoms with E-state index in [-0.39, 0.29) is 0 Å². The molecule has 5 atom stereocenters. The van der Waals surface area contributed by atoms with Crippen LogP contribution in [-0.2, 0) is 23.8 Å². The van der Waals surface area contributed by atoms with E-state index in [1.807, 2.05) is 6.07 Å². The highest BCUT2D eigenvalue weighted by atomic mass is 32.2. The van der Waals surface area contributed by atoms with Crippen molar-refractivity contribution in [3.63, 3.8) is 0 Å². The number of hydrogen-bond donors (Lipinski definition) is 0. The van der Waals surface area contributed by atoms with Gasteiger partial charge in [0.2, 0.25) is 0 Å². The molecule has 0 aromatic heterocycles. The van der Waals surface area contributed by atoms with Crippen LogP contribution in [-0.4, -0.2) is 48.8 Å². The molecule has 12 heteroatoms. The lowest BCUT2D eigenvalue weighted by molar-refractivity contribution is -0.185. The second-order valence-electron chi connectivity index (χ2n) is 5.34. The van der Waals surface area contributed by atoms with Gasteiger partial charge in [0, 0.05) is 21.6 Å². The molecule has 1 fully saturated rings. The fourth-order valence-corrected chi connectivity index (χ4v) is 3.69. The second kappa shape index (κ2) is 9.70. The van der Waals surface area contributed by atoms with Crippen LogP contribution in [0, 0.1) is 0 Å². The Balaban J connectivity index is 2.46. The first kappa shape index (κ1) is 20.4. The summed E-state index contributed by atoms with van der Waals surface area (Å²) in [6, 6.07) is 6.85. The highest BCUT2D eigenvalue weighted by Gasteiger charge is 2.50. The smallest absolute Gasteiger partial charge is 0.338 e. The molecule has 0 bridgehead atoms. The first-order valence-corrected chi connectivity index (χ1v) is 8.60. The zero-order chi connectivity index (χ0) is 19.8. The number of methoxy groups -OCH3 is 1. The van der Waals surface area contributed by atoms with Gasteiger partial charge < -0.3 is 14.2 Å². The van der Waals surface area contributed by atoms with Crippen LogP contribution >= 0.6 is 11.8 Å². The molecule has 0 aliphatic carbocycles. The fraction of sp³-hybridized carbons (Fsp3) is 0.467. The number of thioether (sulfide) groups is 1. The van der Waals surface area contributed by atoms with Crippen molar-refractivity contribution in [2.45, 2.75) is 41.5 Å². The SMILES string of the molecule is COC(=O)[C@H]1O[C@H](Sc2ccccc2)[C@@H](N=[N+]=[N-])[C@@H](N=[N+]=[N-])[C@@H]1OC(C)=O. The van der Waals surface area contributed by atoms with Crippen molar-refractivity contribution in [2.75, 3.05) is 7.11 Å². The van der Waals surface area contributed by atoms with Gasteiger partial charge in [0.1, 0.15) is 11.5 Å². The van der Waals surface area contributed by atoms with Gasteiger partial charge in [0.25, 0.3) is 0 Å². The number of rotatable bonds is 6. The Morgan fingerprint density at radius 1 is 1.15 bits per heavy atom. The van der Waals surface area contributed by atoms with Gasteiger partial charge in [-0.05, 0) is 23.2 Å². The van der Waals surface area contributed by atoms with Gasteiger partial charge >= 0.3 is 11.9 Å². The molecule has 0 saturated carbocycles. The van der Waals surface area contributed by atoms with E-state index in [1.165, 1.54) is 11.8 Å². The normalized spacial score (nSPS) is 26.8. The maximum absolute atomic E-state index is 12.2. The molecule has 0 amide bonds. The van der Waals surface area contributed by atoms with E-state index in [1.54, 1.807) is 24.3 Å². The molecule has 1 aliphatic rings. The maximum atomic E-state index is 12.2. The predicted octanol–water partition coefficient (Wildman–Crippen LogP) is 2.97. The highest BCUT2D eigenvalue weighted by molar-refractivity contribution is 7.99. The molecular weight excluding hydrogens is 376 g/mol. The molecule has 0 radical (unpaired) electrons. The van der Waals surface area contributed by atoms with Gasteiger partial charge in [0.05, 0.1) is 19.2 Å². The fourth-order valence-electron chi connectivity index (χ4n) is 2.57. The van der Waals surface area contributed by atoms with E-state index >= 15 is 0 Å². The van der Waals surface area contributed by atoms with E-state index in [2.05, 4.69) is 20.1 Å². The third-order valence-electron chi connectivity index (χ3n) is 3.65. The Kier molecular flexibility index (Phi) is 7.33. The summed E-state index contributed by atoms with van der Waals surface area (Å²) in [6.07, 6.45) is -2.64. The number of ether oxygens (including phenoxy) is 3. The van der Waals surface area contributed by atoms with Crippen molar-refractivity contribution >= 4 is 23.7 Å². The molecule has 0 spiro atoms. The number of azide groups is 2. The summed E-state index contributed by atoms with van der Waals surface area (Å²) in [6.45, 7) is 1.13. The topological polar surface area (TPSA) is 159 Å². The van der Waals surface area contributed by atoms with Crippen LogP contribution in [0.25, 0.3) is 20.9 Å². The molecule has 11 nitrogen and oxygen atoms in total. The Morgan fingerprint density at radius 3 is 2.33 bits per heavy atom. The Bertz CT molecular complexity index is 780. The monoisotopic (exact) mass is 392 g/mol. The van der Waals surface area contributed by atoms with Crippen molar-refractivity contribution in [1.82, 2.24) is 0 Å². The van der Waals surface area contributed by atoms with Crippen LogP contribution < -0.4 is 0 Å². The quantitative estimate of drug-likeness (QED) is 0.313. The highest BCUT2D eigenvalue weighted by Crippen LogP contribution is 2.37. The number of hydrogen-bond acceptors (Lipinski definition) is 8. The molecule has 1 aromatic carbocycles. The molecule has 1 aliphatic heterocycles. The average Bonchev–Trinajstić information content (AvgIpc) is 2.66. The lowest BCUT2D eigenvalue weighted by Gasteiger charge is -2.41. The molecule has 2 rings (SSSR count).